The summed E-state index contributed by atoms with van der Waals surface area (Å²) in [6.07, 6.45) is 3.95. The molecule has 3 nitrogen and oxygen atoms in total. The van der Waals surface area contributed by atoms with E-state index in [2.05, 4.69) is 45.3 Å². The van der Waals surface area contributed by atoms with E-state index >= 15 is 0 Å². The zero-order valence-electron chi connectivity index (χ0n) is 12.7. The number of amides is 1. The van der Waals surface area contributed by atoms with Gasteiger partial charge in [0.25, 0.3) is 0 Å². The van der Waals surface area contributed by atoms with Crippen molar-refractivity contribution in [2.75, 3.05) is 13.1 Å². The minimum Gasteiger partial charge on any atom is -0.351 e. The highest BCUT2D eigenvalue weighted by Gasteiger charge is 2.27. The molecule has 1 fully saturated rings. The Labute approximate surface area is 112 Å². The molecule has 1 aliphatic rings. The van der Waals surface area contributed by atoms with Crippen LogP contribution >= 0.6 is 0 Å². The zero-order valence-corrected chi connectivity index (χ0v) is 12.7. The molecule has 1 rings (SSSR count). The normalized spacial score (nSPS) is 18.7. The van der Waals surface area contributed by atoms with Crippen molar-refractivity contribution < 1.29 is 4.79 Å². The molecule has 0 unspecified atom stereocenters. The maximum absolute atomic E-state index is 12.1. The highest BCUT2D eigenvalue weighted by atomic mass is 16.1. The van der Waals surface area contributed by atoms with Crippen molar-refractivity contribution in [3.05, 3.63) is 0 Å². The summed E-state index contributed by atoms with van der Waals surface area (Å²) in [6, 6.07) is 0. The largest absolute Gasteiger partial charge is 0.351 e. The summed E-state index contributed by atoms with van der Waals surface area (Å²) < 4.78 is 0. The Balaban J connectivity index is 2.38. The van der Waals surface area contributed by atoms with Crippen LogP contribution in [0.3, 0.4) is 0 Å². The molecular weight excluding hydrogens is 224 g/mol. The van der Waals surface area contributed by atoms with Crippen molar-refractivity contribution in [1.29, 1.82) is 0 Å². The van der Waals surface area contributed by atoms with E-state index in [9.17, 15) is 4.79 Å². The van der Waals surface area contributed by atoms with Gasteiger partial charge in [-0.1, -0.05) is 20.8 Å². The van der Waals surface area contributed by atoms with Crippen LogP contribution in [0.4, 0.5) is 0 Å². The SMILES string of the molecule is CC(C)(C)CC(C)(C)NC(=O)CC1CCNCC1. The average Bonchev–Trinajstić information content (AvgIpc) is 2.13. The van der Waals surface area contributed by atoms with E-state index in [0.29, 0.717) is 12.3 Å². The van der Waals surface area contributed by atoms with Crippen LogP contribution in [0.15, 0.2) is 0 Å². The Morgan fingerprint density at radius 1 is 1.17 bits per heavy atom. The van der Waals surface area contributed by atoms with Gasteiger partial charge >= 0.3 is 0 Å². The highest BCUT2D eigenvalue weighted by molar-refractivity contribution is 5.77. The van der Waals surface area contributed by atoms with E-state index in [1.165, 1.54) is 0 Å². The summed E-state index contributed by atoms with van der Waals surface area (Å²) in [7, 11) is 0. The number of carbonyl (C=O) groups is 1. The van der Waals surface area contributed by atoms with Crippen LogP contribution in [0.2, 0.25) is 0 Å². The standard InChI is InChI=1S/C15H30N2O/c1-14(2,3)11-15(4,5)17-13(18)10-12-6-8-16-9-7-12/h12,16H,6-11H2,1-5H3,(H,17,18). The lowest BCUT2D eigenvalue weighted by molar-refractivity contribution is -0.124. The third-order valence-corrected chi connectivity index (χ3v) is 3.38. The van der Waals surface area contributed by atoms with Gasteiger partial charge in [0.2, 0.25) is 5.91 Å². The first-order chi connectivity index (χ1) is 8.18. The first-order valence-electron chi connectivity index (χ1n) is 7.20. The molecule has 0 radical (unpaired) electrons. The number of nitrogens with one attached hydrogen (secondary N) is 2. The average molecular weight is 254 g/mol. The third-order valence-electron chi connectivity index (χ3n) is 3.38. The molecule has 0 atom stereocenters. The van der Waals surface area contributed by atoms with Gasteiger partial charge in [-0.15, -0.1) is 0 Å². The fraction of sp³-hybridized carbons (Fsp3) is 0.933. The van der Waals surface area contributed by atoms with Gasteiger partial charge < -0.3 is 10.6 Å². The number of hydrogen-bond donors (Lipinski definition) is 2. The molecule has 1 amide bonds. The van der Waals surface area contributed by atoms with Crippen molar-refractivity contribution in [2.24, 2.45) is 11.3 Å². The Hall–Kier alpha value is -0.570. The molecule has 1 aliphatic heterocycles. The molecule has 0 aliphatic carbocycles. The number of carbonyl (C=O) groups excluding carboxylic acids is 1. The van der Waals surface area contributed by atoms with Gasteiger partial charge in [-0.2, -0.15) is 0 Å². The summed E-state index contributed by atoms with van der Waals surface area (Å²) in [5.74, 6) is 0.785. The zero-order chi connectivity index (χ0) is 13.8. The van der Waals surface area contributed by atoms with Crippen LogP contribution in [0.1, 0.15) is 60.3 Å². The van der Waals surface area contributed by atoms with E-state index in [-0.39, 0.29) is 16.9 Å². The Morgan fingerprint density at radius 2 is 1.72 bits per heavy atom. The van der Waals surface area contributed by atoms with Gasteiger partial charge in [-0.05, 0) is 57.5 Å². The van der Waals surface area contributed by atoms with Crippen LogP contribution in [-0.2, 0) is 4.79 Å². The van der Waals surface area contributed by atoms with Crippen molar-refractivity contribution >= 4 is 5.91 Å². The lowest BCUT2D eigenvalue weighted by atomic mass is 9.81. The Morgan fingerprint density at radius 3 is 2.22 bits per heavy atom. The quantitative estimate of drug-likeness (QED) is 0.810. The van der Waals surface area contributed by atoms with Crippen LogP contribution < -0.4 is 10.6 Å². The van der Waals surface area contributed by atoms with Crippen molar-refractivity contribution in [2.45, 2.75) is 65.8 Å². The summed E-state index contributed by atoms with van der Waals surface area (Å²) >= 11 is 0. The molecule has 106 valence electrons. The number of rotatable bonds is 4. The molecule has 0 aromatic carbocycles. The van der Waals surface area contributed by atoms with Gasteiger partial charge in [-0.25, -0.2) is 0 Å². The summed E-state index contributed by atoms with van der Waals surface area (Å²) in [4.78, 5) is 12.1. The highest BCUT2D eigenvalue weighted by Crippen LogP contribution is 2.27. The van der Waals surface area contributed by atoms with Crippen LogP contribution in [0, 0.1) is 11.3 Å². The van der Waals surface area contributed by atoms with Crippen molar-refractivity contribution in [1.82, 2.24) is 10.6 Å². The first-order valence-corrected chi connectivity index (χ1v) is 7.20. The van der Waals surface area contributed by atoms with Crippen molar-refractivity contribution in [3.63, 3.8) is 0 Å². The van der Waals surface area contributed by atoms with E-state index in [0.717, 1.165) is 32.4 Å². The predicted octanol–water partition coefficient (Wildman–Crippen LogP) is 2.71. The fourth-order valence-corrected chi connectivity index (χ4v) is 3.15. The van der Waals surface area contributed by atoms with Crippen LogP contribution in [0.5, 0.6) is 0 Å². The third kappa shape index (κ3) is 6.39. The molecule has 2 N–H and O–H groups in total. The molecule has 18 heavy (non-hydrogen) atoms. The molecule has 0 aromatic rings. The van der Waals surface area contributed by atoms with Crippen LogP contribution in [-0.4, -0.2) is 24.5 Å². The fourth-order valence-electron chi connectivity index (χ4n) is 3.15. The predicted molar refractivity (Wildman–Crippen MR) is 76.5 cm³/mol. The minimum absolute atomic E-state index is 0.109. The van der Waals surface area contributed by atoms with E-state index in [1.807, 2.05) is 0 Å². The molecule has 0 spiro atoms. The molecule has 0 aromatic heterocycles. The second kappa shape index (κ2) is 6.05. The number of piperidine rings is 1. The summed E-state index contributed by atoms with van der Waals surface area (Å²) in [6.45, 7) is 13.0. The van der Waals surface area contributed by atoms with Gasteiger partial charge in [0, 0.05) is 12.0 Å². The molecule has 1 saturated heterocycles. The van der Waals surface area contributed by atoms with Gasteiger partial charge in [0.15, 0.2) is 0 Å². The summed E-state index contributed by atoms with van der Waals surface area (Å²) in [5, 5.41) is 6.54. The van der Waals surface area contributed by atoms with Gasteiger partial charge in [-0.3, -0.25) is 4.79 Å². The lowest BCUT2D eigenvalue weighted by Gasteiger charge is -2.34. The van der Waals surface area contributed by atoms with Crippen LogP contribution in [0.25, 0.3) is 0 Å². The molecule has 1 heterocycles. The van der Waals surface area contributed by atoms with E-state index < -0.39 is 0 Å². The second-order valence-corrected chi connectivity index (χ2v) is 7.57. The summed E-state index contributed by atoms with van der Waals surface area (Å²) in [5.41, 5.74) is 0.133. The minimum atomic E-state index is -0.109. The maximum Gasteiger partial charge on any atom is 0.220 e. The van der Waals surface area contributed by atoms with E-state index in [4.69, 9.17) is 0 Å². The Kier molecular flexibility index (Phi) is 5.20. The topological polar surface area (TPSA) is 41.1 Å². The lowest BCUT2D eigenvalue weighted by Crippen LogP contribution is -2.46. The van der Waals surface area contributed by atoms with E-state index in [1.54, 1.807) is 0 Å². The van der Waals surface area contributed by atoms with Gasteiger partial charge in [0.05, 0.1) is 0 Å². The maximum atomic E-state index is 12.1. The monoisotopic (exact) mass is 254 g/mol. The second-order valence-electron chi connectivity index (χ2n) is 7.57. The smallest absolute Gasteiger partial charge is 0.220 e. The molecular formula is C15H30N2O. The Bertz CT molecular complexity index is 273. The number of hydrogen-bond acceptors (Lipinski definition) is 2. The van der Waals surface area contributed by atoms with Gasteiger partial charge in [0.1, 0.15) is 0 Å². The molecule has 0 bridgehead atoms. The first kappa shape index (κ1) is 15.5. The van der Waals surface area contributed by atoms with Crippen molar-refractivity contribution in [3.8, 4) is 0 Å². The molecule has 3 heteroatoms. The molecule has 0 saturated carbocycles.